The van der Waals surface area contributed by atoms with Crippen molar-refractivity contribution in [1.82, 2.24) is 9.62 Å². The first-order valence-corrected chi connectivity index (χ1v) is 13.4. The lowest BCUT2D eigenvalue weighted by molar-refractivity contribution is -0.136. The van der Waals surface area contributed by atoms with Gasteiger partial charge in [0, 0.05) is 13.1 Å². The van der Waals surface area contributed by atoms with Gasteiger partial charge in [-0.25, -0.2) is 8.42 Å². The largest absolute Gasteiger partial charge is 0.497 e. The van der Waals surface area contributed by atoms with E-state index in [9.17, 15) is 23.1 Å². The van der Waals surface area contributed by atoms with Gasteiger partial charge < -0.3 is 20.9 Å². The number of aliphatic hydroxyl groups is 1. The monoisotopic (exact) mass is 517 g/mol. The summed E-state index contributed by atoms with van der Waals surface area (Å²) in [5, 5.41) is 14.0. The number of carbonyl (C=O) groups excluding carboxylic acids is 2. The molecule has 36 heavy (non-hydrogen) atoms. The third kappa shape index (κ3) is 6.43. The molecular weight excluding hydrogens is 482 g/mol. The van der Waals surface area contributed by atoms with E-state index in [1.54, 1.807) is 12.1 Å². The lowest BCUT2D eigenvalue weighted by atomic mass is 9.98. The standard InChI is InChI=1S/C26H35N3O6S/c1-18(2)16-29(36(33,34)21-11-9-20(35-3)10-12-21)17-23(30)22(15-19-7-5-4-6-8-19)28-25(32)26(13-14-26)24(27)31/h4-12,18,22-23,30H,13-17H2,1-3H3,(H2,27,31)(H,28,32). The topological polar surface area (TPSA) is 139 Å². The number of hydrogen-bond donors (Lipinski definition) is 3. The molecule has 196 valence electrons. The minimum Gasteiger partial charge on any atom is -0.497 e. The second-order valence-electron chi connectivity index (χ2n) is 9.67. The van der Waals surface area contributed by atoms with Gasteiger partial charge in [0.05, 0.1) is 24.2 Å². The Kier molecular flexibility index (Phi) is 8.76. The van der Waals surface area contributed by atoms with Crippen molar-refractivity contribution in [2.75, 3.05) is 20.2 Å². The van der Waals surface area contributed by atoms with Gasteiger partial charge in [0.2, 0.25) is 21.8 Å². The van der Waals surface area contributed by atoms with E-state index < -0.39 is 39.4 Å². The van der Waals surface area contributed by atoms with Crippen LogP contribution in [0.15, 0.2) is 59.5 Å². The first kappa shape index (κ1) is 27.6. The molecule has 10 heteroatoms. The Balaban J connectivity index is 1.86. The zero-order valence-electron chi connectivity index (χ0n) is 20.9. The highest BCUT2D eigenvalue weighted by Gasteiger charge is 2.56. The first-order valence-electron chi connectivity index (χ1n) is 12.0. The molecule has 2 unspecified atom stereocenters. The fourth-order valence-electron chi connectivity index (χ4n) is 4.08. The second kappa shape index (κ2) is 11.4. The number of methoxy groups -OCH3 is 1. The fraction of sp³-hybridized carbons (Fsp3) is 0.462. The zero-order valence-corrected chi connectivity index (χ0v) is 21.7. The van der Waals surface area contributed by atoms with Crippen LogP contribution in [-0.4, -0.2) is 62.0 Å². The summed E-state index contributed by atoms with van der Waals surface area (Å²) in [7, 11) is -2.45. The van der Waals surface area contributed by atoms with Crippen LogP contribution < -0.4 is 15.8 Å². The molecule has 1 fully saturated rings. The molecule has 1 aliphatic carbocycles. The maximum Gasteiger partial charge on any atom is 0.243 e. The number of nitrogens with two attached hydrogens (primary N) is 1. The van der Waals surface area contributed by atoms with Crippen molar-refractivity contribution < 1.29 is 27.9 Å². The van der Waals surface area contributed by atoms with Gasteiger partial charge in [-0.15, -0.1) is 0 Å². The number of ether oxygens (including phenoxy) is 1. The van der Waals surface area contributed by atoms with Crippen molar-refractivity contribution in [2.24, 2.45) is 17.1 Å². The summed E-state index contributed by atoms with van der Waals surface area (Å²) in [6.07, 6.45) is -0.285. The van der Waals surface area contributed by atoms with Crippen LogP contribution in [0.3, 0.4) is 0 Å². The van der Waals surface area contributed by atoms with Crippen molar-refractivity contribution in [1.29, 1.82) is 0 Å². The first-order chi connectivity index (χ1) is 17.0. The summed E-state index contributed by atoms with van der Waals surface area (Å²) in [6.45, 7) is 3.70. The Morgan fingerprint density at radius 1 is 1.08 bits per heavy atom. The summed E-state index contributed by atoms with van der Waals surface area (Å²) in [5.74, 6) is -0.727. The van der Waals surface area contributed by atoms with E-state index in [2.05, 4.69) is 5.32 Å². The van der Waals surface area contributed by atoms with Crippen LogP contribution >= 0.6 is 0 Å². The van der Waals surface area contributed by atoms with Crippen molar-refractivity contribution in [3.63, 3.8) is 0 Å². The Hall–Kier alpha value is -2.95. The lowest BCUT2D eigenvalue weighted by Gasteiger charge is -2.31. The van der Waals surface area contributed by atoms with Crippen LogP contribution in [0.25, 0.3) is 0 Å². The van der Waals surface area contributed by atoms with E-state index in [0.717, 1.165) is 5.56 Å². The molecule has 0 radical (unpaired) electrons. The average molecular weight is 518 g/mol. The minimum absolute atomic E-state index is 0.0167. The summed E-state index contributed by atoms with van der Waals surface area (Å²) in [5.41, 5.74) is 5.04. The van der Waals surface area contributed by atoms with Gasteiger partial charge in [0.25, 0.3) is 0 Å². The molecule has 0 aromatic heterocycles. The molecule has 9 nitrogen and oxygen atoms in total. The second-order valence-corrected chi connectivity index (χ2v) is 11.6. The van der Waals surface area contributed by atoms with Crippen LogP contribution in [-0.2, 0) is 26.0 Å². The predicted octanol–water partition coefficient (Wildman–Crippen LogP) is 1.70. The Morgan fingerprint density at radius 2 is 1.69 bits per heavy atom. The van der Waals surface area contributed by atoms with Crippen LogP contribution in [0.1, 0.15) is 32.3 Å². The van der Waals surface area contributed by atoms with Crippen LogP contribution in [0, 0.1) is 11.3 Å². The summed E-state index contributed by atoms with van der Waals surface area (Å²) in [6, 6.07) is 14.4. The van der Waals surface area contributed by atoms with E-state index >= 15 is 0 Å². The van der Waals surface area contributed by atoms with Crippen molar-refractivity contribution >= 4 is 21.8 Å². The highest BCUT2D eigenvalue weighted by Crippen LogP contribution is 2.45. The SMILES string of the molecule is COc1ccc(S(=O)(=O)N(CC(C)C)CC(O)C(Cc2ccccc2)NC(=O)C2(C(N)=O)CC2)cc1. The van der Waals surface area contributed by atoms with Gasteiger partial charge in [0.15, 0.2) is 0 Å². The number of nitrogens with one attached hydrogen (secondary N) is 1. The van der Waals surface area contributed by atoms with Gasteiger partial charge in [-0.2, -0.15) is 4.31 Å². The molecule has 3 rings (SSSR count). The van der Waals surface area contributed by atoms with E-state index in [0.29, 0.717) is 18.6 Å². The molecule has 2 atom stereocenters. The number of primary amides is 1. The molecule has 4 N–H and O–H groups in total. The molecule has 2 amide bonds. The maximum atomic E-state index is 13.5. The van der Waals surface area contributed by atoms with E-state index in [1.165, 1.54) is 23.5 Å². The summed E-state index contributed by atoms with van der Waals surface area (Å²) in [4.78, 5) is 24.9. The number of benzene rings is 2. The van der Waals surface area contributed by atoms with Crippen LogP contribution in [0.5, 0.6) is 5.75 Å². The van der Waals surface area contributed by atoms with Crippen LogP contribution in [0.4, 0.5) is 0 Å². The molecule has 1 aliphatic rings. The van der Waals surface area contributed by atoms with Crippen molar-refractivity contribution in [2.45, 2.75) is 50.2 Å². The number of amides is 2. The molecule has 0 aliphatic heterocycles. The van der Waals surface area contributed by atoms with Gasteiger partial charge in [-0.3, -0.25) is 9.59 Å². The molecule has 1 saturated carbocycles. The number of hydrogen-bond acceptors (Lipinski definition) is 6. The smallest absolute Gasteiger partial charge is 0.243 e. The summed E-state index contributed by atoms with van der Waals surface area (Å²) < 4.78 is 33.3. The highest BCUT2D eigenvalue weighted by atomic mass is 32.2. The van der Waals surface area contributed by atoms with E-state index in [1.807, 2.05) is 44.2 Å². The van der Waals surface area contributed by atoms with Crippen molar-refractivity contribution in [3.05, 3.63) is 60.2 Å². The fourth-order valence-corrected chi connectivity index (χ4v) is 5.70. The highest BCUT2D eigenvalue weighted by molar-refractivity contribution is 7.89. The molecule has 0 heterocycles. The maximum absolute atomic E-state index is 13.5. The molecule has 2 aromatic rings. The van der Waals surface area contributed by atoms with Gasteiger partial charge in [-0.1, -0.05) is 44.2 Å². The van der Waals surface area contributed by atoms with Gasteiger partial charge in [0.1, 0.15) is 11.2 Å². The third-order valence-corrected chi connectivity index (χ3v) is 8.24. The molecule has 0 saturated heterocycles. The number of carbonyl (C=O) groups is 2. The predicted molar refractivity (Wildman–Crippen MR) is 136 cm³/mol. The Morgan fingerprint density at radius 3 is 2.19 bits per heavy atom. The number of nitrogens with zero attached hydrogens (tertiary/aromatic N) is 1. The lowest BCUT2D eigenvalue weighted by Crippen LogP contribution is -2.53. The van der Waals surface area contributed by atoms with Gasteiger partial charge >= 0.3 is 0 Å². The Bertz CT molecular complexity index is 1150. The Labute approximate surface area is 212 Å². The van der Waals surface area contributed by atoms with E-state index in [-0.39, 0.29) is 30.3 Å². The molecular formula is C26H35N3O6S. The number of aliphatic hydroxyl groups excluding tert-OH is 1. The molecule has 0 bridgehead atoms. The molecule has 0 spiro atoms. The molecule has 2 aromatic carbocycles. The quantitative estimate of drug-likeness (QED) is 0.346. The normalized spacial score (nSPS) is 16.4. The average Bonchev–Trinajstić information content (AvgIpc) is 3.66. The number of sulfonamides is 1. The van der Waals surface area contributed by atoms with Crippen molar-refractivity contribution in [3.8, 4) is 5.75 Å². The zero-order chi connectivity index (χ0) is 26.5. The van der Waals surface area contributed by atoms with Crippen LogP contribution in [0.2, 0.25) is 0 Å². The van der Waals surface area contributed by atoms with Gasteiger partial charge in [-0.05, 0) is 55.0 Å². The number of rotatable bonds is 13. The summed E-state index contributed by atoms with van der Waals surface area (Å²) >= 11 is 0. The minimum atomic E-state index is -3.95. The van der Waals surface area contributed by atoms with E-state index in [4.69, 9.17) is 10.5 Å². The third-order valence-electron chi connectivity index (χ3n) is 6.39.